The Labute approximate surface area is 119 Å². The molecule has 0 radical (unpaired) electrons. The summed E-state index contributed by atoms with van der Waals surface area (Å²) in [4.78, 5) is 3.81. The minimum atomic E-state index is -3.62. The highest BCUT2D eigenvalue weighted by atomic mass is 32.2. The van der Waals surface area contributed by atoms with Crippen LogP contribution in [0, 0.1) is 16.7 Å². The predicted molar refractivity (Wildman–Crippen MR) is 74.4 cm³/mol. The maximum absolute atomic E-state index is 12.2. The number of rotatable bonds is 4. The molecule has 1 aliphatic heterocycles. The van der Waals surface area contributed by atoms with Crippen LogP contribution in [-0.2, 0) is 10.0 Å². The zero-order valence-electron chi connectivity index (χ0n) is 11.4. The molecule has 1 aliphatic rings. The molecule has 2 N–H and O–H groups in total. The molecular weight excluding hydrogens is 276 g/mol. The van der Waals surface area contributed by atoms with Gasteiger partial charge in [0.15, 0.2) is 0 Å². The Morgan fingerprint density at radius 3 is 3.00 bits per heavy atom. The fourth-order valence-electron chi connectivity index (χ4n) is 2.25. The van der Waals surface area contributed by atoms with Gasteiger partial charge >= 0.3 is 0 Å². The highest BCUT2D eigenvalue weighted by molar-refractivity contribution is 7.89. The molecule has 1 fully saturated rings. The van der Waals surface area contributed by atoms with E-state index < -0.39 is 10.0 Å². The monoisotopic (exact) mass is 294 g/mol. The molecule has 0 amide bonds. The van der Waals surface area contributed by atoms with E-state index in [4.69, 9.17) is 5.26 Å². The van der Waals surface area contributed by atoms with Crippen LogP contribution >= 0.6 is 0 Å². The number of sulfonamides is 1. The van der Waals surface area contributed by atoms with E-state index in [9.17, 15) is 8.42 Å². The van der Waals surface area contributed by atoms with Gasteiger partial charge in [0.1, 0.15) is 11.0 Å². The van der Waals surface area contributed by atoms with Crippen molar-refractivity contribution in [2.75, 3.05) is 19.6 Å². The molecule has 0 aliphatic carbocycles. The van der Waals surface area contributed by atoms with Gasteiger partial charge in [-0.05, 0) is 30.9 Å². The second kappa shape index (κ2) is 5.87. The lowest BCUT2D eigenvalue weighted by molar-refractivity contribution is 0.238. The van der Waals surface area contributed by atoms with Gasteiger partial charge in [0.2, 0.25) is 10.0 Å². The fraction of sp³-hybridized carbons (Fsp3) is 0.538. The summed E-state index contributed by atoms with van der Waals surface area (Å²) in [7, 11) is -3.62. The van der Waals surface area contributed by atoms with Crippen molar-refractivity contribution in [1.29, 1.82) is 5.26 Å². The molecule has 2 rings (SSSR count). The summed E-state index contributed by atoms with van der Waals surface area (Å²) in [6.07, 6.45) is 4.62. The molecule has 6 nitrogen and oxygen atoms in total. The highest BCUT2D eigenvalue weighted by Gasteiger charge is 2.28. The first kappa shape index (κ1) is 14.9. The molecule has 0 aromatic carbocycles. The third kappa shape index (κ3) is 3.54. The number of pyridine rings is 1. The van der Waals surface area contributed by atoms with E-state index in [-0.39, 0.29) is 15.9 Å². The summed E-state index contributed by atoms with van der Waals surface area (Å²) in [5.41, 5.74) is 0.157. The summed E-state index contributed by atoms with van der Waals surface area (Å²) in [5, 5.41) is 12.1. The van der Waals surface area contributed by atoms with E-state index >= 15 is 0 Å². The normalized spacial score (nSPS) is 23.2. The van der Waals surface area contributed by atoms with E-state index in [1.807, 2.05) is 6.07 Å². The first-order chi connectivity index (χ1) is 9.45. The van der Waals surface area contributed by atoms with Gasteiger partial charge in [-0.2, -0.15) is 5.26 Å². The van der Waals surface area contributed by atoms with Gasteiger partial charge in [0.05, 0.1) is 5.56 Å². The largest absolute Gasteiger partial charge is 0.316 e. The summed E-state index contributed by atoms with van der Waals surface area (Å²) >= 11 is 0. The minimum absolute atomic E-state index is 0.0314. The zero-order valence-corrected chi connectivity index (χ0v) is 12.2. The maximum atomic E-state index is 12.2. The molecule has 1 aromatic heterocycles. The quantitative estimate of drug-likeness (QED) is 0.849. The van der Waals surface area contributed by atoms with Crippen LogP contribution in [0.25, 0.3) is 0 Å². The van der Waals surface area contributed by atoms with Gasteiger partial charge in [-0.3, -0.25) is 4.98 Å². The molecule has 0 spiro atoms. The SMILES string of the molecule is CC1(CNS(=O)(=O)c2cncc(C#N)c2)CCCNC1. The van der Waals surface area contributed by atoms with E-state index in [1.54, 1.807) is 0 Å². The van der Waals surface area contributed by atoms with Crippen LogP contribution in [0.15, 0.2) is 23.4 Å². The first-order valence-electron chi connectivity index (χ1n) is 6.51. The van der Waals surface area contributed by atoms with E-state index in [2.05, 4.69) is 21.9 Å². The van der Waals surface area contributed by atoms with Crippen molar-refractivity contribution >= 4 is 10.0 Å². The average Bonchev–Trinajstić information content (AvgIpc) is 2.46. The Hall–Kier alpha value is -1.49. The predicted octanol–water partition coefficient (Wildman–Crippen LogP) is 0.621. The molecule has 0 bridgehead atoms. The van der Waals surface area contributed by atoms with E-state index in [1.165, 1.54) is 18.5 Å². The topological polar surface area (TPSA) is 94.9 Å². The third-order valence-corrected chi connectivity index (χ3v) is 4.90. The standard InChI is InChI=1S/C13H18N4O2S/c1-13(3-2-4-15-9-13)10-17-20(18,19)12-5-11(6-14)7-16-8-12/h5,7-8,15,17H,2-4,9-10H2,1H3. The molecule has 0 saturated carbocycles. The van der Waals surface area contributed by atoms with Gasteiger partial charge in [-0.25, -0.2) is 13.1 Å². The van der Waals surface area contributed by atoms with Crippen LogP contribution in [0.2, 0.25) is 0 Å². The van der Waals surface area contributed by atoms with Gasteiger partial charge < -0.3 is 5.32 Å². The van der Waals surface area contributed by atoms with Gasteiger partial charge in [0, 0.05) is 25.5 Å². The Balaban J connectivity index is 2.09. The highest BCUT2D eigenvalue weighted by Crippen LogP contribution is 2.25. The van der Waals surface area contributed by atoms with Crippen molar-refractivity contribution in [2.24, 2.45) is 5.41 Å². The van der Waals surface area contributed by atoms with Crippen molar-refractivity contribution < 1.29 is 8.42 Å². The smallest absolute Gasteiger partial charge is 0.242 e. The van der Waals surface area contributed by atoms with Gasteiger partial charge in [-0.15, -0.1) is 0 Å². The molecule has 1 atom stereocenters. The number of hydrogen-bond acceptors (Lipinski definition) is 5. The molecular formula is C13H18N4O2S. The second-order valence-corrected chi connectivity index (χ2v) is 7.20. The molecule has 1 saturated heterocycles. The lowest BCUT2D eigenvalue weighted by atomic mass is 9.83. The number of piperidine rings is 1. The van der Waals surface area contributed by atoms with Crippen LogP contribution in [0.5, 0.6) is 0 Å². The second-order valence-electron chi connectivity index (χ2n) is 5.44. The number of hydrogen-bond donors (Lipinski definition) is 2. The lowest BCUT2D eigenvalue weighted by Gasteiger charge is -2.34. The van der Waals surface area contributed by atoms with Crippen molar-refractivity contribution in [3.8, 4) is 6.07 Å². The Morgan fingerprint density at radius 2 is 2.35 bits per heavy atom. The molecule has 1 aromatic rings. The zero-order chi connectivity index (χ0) is 14.6. The van der Waals surface area contributed by atoms with Crippen LogP contribution in [-0.4, -0.2) is 33.0 Å². The maximum Gasteiger partial charge on any atom is 0.242 e. The summed E-state index contributed by atoms with van der Waals surface area (Å²) < 4.78 is 27.0. The van der Waals surface area contributed by atoms with Gasteiger partial charge in [-0.1, -0.05) is 6.92 Å². The van der Waals surface area contributed by atoms with Crippen LogP contribution in [0.1, 0.15) is 25.3 Å². The molecule has 108 valence electrons. The summed E-state index contributed by atoms with van der Waals surface area (Å²) in [5.74, 6) is 0. The number of nitriles is 1. The van der Waals surface area contributed by atoms with E-state index in [0.717, 1.165) is 25.9 Å². The molecule has 1 unspecified atom stereocenters. The third-order valence-electron chi connectivity index (χ3n) is 3.53. The minimum Gasteiger partial charge on any atom is -0.316 e. The van der Waals surface area contributed by atoms with Crippen molar-refractivity contribution in [2.45, 2.75) is 24.7 Å². The number of nitrogens with zero attached hydrogens (tertiary/aromatic N) is 2. The van der Waals surface area contributed by atoms with Gasteiger partial charge in [0.25, 0.3) is 0 Å². The lowest BCUT2D eigenvalue weighted by Crippen LogP contribution is -2.45. The Kier molecular flexibility index (Phi) is 4.38. The van der Waals surface area contributed by atoms with Crippen molar-refractivity contribution in [3.05, 3.63) is 24.0 Å². The Bertz CT molecular complexity index is 616. The van der Waals surface area contributed by atoms with Crippen molar-refractivity contribution in [1.82, 2.24) is 15.0 Å². The van der Waals surface area contributed by atoms with Crippen molar-refractivity contribution in [3.63, 3.8) is 0 Å². The molecule has 2 heterocycles. The van der Waals surface area contributed by atoms with Crippen LogP contribution < -0.4 is 10.0 Å². The summed E-state index contributed by atoms with van der Waals surface area (Å²) in [6.45, 7) is 4.22. The molecule has 20 heavy (non-hydrogen) atoms. The number of aromatic nitrogens is 1. The first-order valence-corrected chi connectivity index (χ1v) is 7.99. The average molecular weight is 294 g/mol. The Morgan fingerprint density at radius 1 is 1.55 bits per heavy atom. The van der Waals surface area contributed by atoms with Crippen LogP contribution in [0.4, 0.5) is 0 Å². The molecule has 7 heteroatoms. The number of nitrogens with one attached hydrogen (secondary N) is 2. The fourth-order valence-corrected chi connectivity index (χ4v) is 3.44. The van der Waals surface area contributed by atoms with Crippen LogP contribution in [0.3, 0.4) is 0 Å². The van der Waals surface area contributed by atoms with E-state index in [0.29, 0.717) is 6.54 Å². The summed E-state index contributed by atoms with van der Waals surface area (Å²) in [6, 6.07) is 3.22.